The van der Waals surface area contributed by atoms with Gasteiger partial charge in [0.2, 0.25) is 5.60 Å². The van der Waals surface area contributed by atoms with Gasteiger partial charge in [-0.15, -0.1) is 0 Å². The van der Waals surface area contributed by atoms with Crippen molar-refractivity contribution in [2.24, 2.45) is 0 Å². The molecule has 0 aliphatic heterocycles. The fourth-order valence-electron chi connectivity index (χ4n) is 8.50. The zero-order chi connectivity index (χ0) is 42.1. The van der Waals surface area contributed by atoms with Gasteiger partial charge in [-0.3, -0.25) is 14.4 Å². The highest BCUT2D eigenvalue weighted by Gasteiger charge is 2.62. The van der Waals surface area contributed by atoms with E-state index in [2.05, 4.69) is 20.8 Å². The Bertz CT molecular complexity index is 919. The van der Waals surface area contributed by atoms with E-state index in [9.17, 15) is 29.7 Å². The average molecular weight is 807 g/mol. The lowest BCUT2D eigenvalue weighted by Crippen LogP contribution is -2.69. The number of carbonyl (C=O) groups excluding carboxylic acids is 3. The van der Waals surface area contributed by atoms with Crippen molar-refractivity contribution >= 4 is 17.3 Å². The normalized spacial score (nSPS) is 13.8. The predicted molar refractivity (Wildman–Crippen MR) is 243 cm³/mol. The van der Waals surface area contributed by atoms with Gasteiger partial charge in [0, 0.05) is 19.3 Å². The van der Waals surface area contributed by atoms with E-state index in [1.54, 1.807) is 0 Å². The van der Waals surface area contributed by atoms with Crippen molar-refractivity contribution in [2.45, 2.75) is 302 Å². The maximum absolute atomic E-state index is 13.7. The highest BCUT2D eigenvalue weighted by Crippen LogP contribution is 2.32. The molecule has 6 nitrogen and oxygen atoms in total. The number of Topliss-reactive ketones (excluding diaryl/α,β-unsaturated/α-hetero) is 3. The lowest BCUT2D eigenvalue weighted by atomic mass is 9.71. The van der Waals surface area contributed by atoms with Crippen LogP contribution in [0.5, 0.6) is 0 Å². The van der Waals surface area contributed by atoms with E-state index in [-0.39, 0.29) is 19.3 Å². The first-order valence-electron chi connectivity index (χ1n) is 25.4. The van der Waals surface area contributed by atoms with Crippen molar-refractivity contribution in [3.8, 4) is 0 Å². The number of unbranched alkanes of at least 4 members (excludes halogenated alkanes) is 36. The molecule has 0 aliphatic carbocycles. The second kappa shape index (κ2) is 40.3. The van der Waals surface area contributed by atoms with E-state index in [0.717, 1.165) is 57.8 Å². The Morgan fingerprint density at radius 2 is 0.474 bits per heavy atom. The maximum Gasteiger partial charge on any atom is 0.219 e. The van der Waals surface area contributed by atoms with Crippen molar-refractivity contribution in [1.29, 1.82) is 0 Å². The molecule has 0 amide bonds. The van der Waals surface area contributed by atoms with Crippen molar-refractivity contribution < 1.29 is 29.7 Å². The number of hydrogen-bond donors (Lipinski definition) is 3. The van der Waals surface area contributed by atoms with Crippen molar-refractivity contribution in [2.75, 3.05) is 6.61 Å². The molecule has 0 saturated heterocycles. The monoisotopic (exact) mass is 807 g/mol. The quantitative estimate of drug-likeness (QED) is 0.0417. The largest absolute Gasteiger partial charge is 0.393 e. The fraction of sp³-hybridized carbons (Fsp3) is 0.941. The van der Waals surface area contributed by atoms with Crippen LogP contribution < -0.4 is 0 Å². The zero-order valence-corrected chi connectivity index (χ0v) is 38.5. The smallest absolute Gasteiger partial charge is 0.219 e. The molecular formula is C51H98O6. The molecule has 338 valence electrons. The molecule has 0 aromatic rings. The summed E-state index contributed by atoms with van der Waals surface area (Å²) in [5.74, 6) is -2.44. The van der Waals surface area contributed by atoms with E-state index in [1.165, 1.54) is 173 Å². The minimum Gasteiger partial charge on any atom is -0.393 e. The summed E-state index contributed by atoms with van der Waals surface area (Å²) in [4.78, 5) is 41.0. The van der Waals surface area contributed by atoms with E-state index < -0.39 is 35.2 Å². The summed E-state index contributed by atoms with van der Waals surface area (Å²) in [5.41, 5.74) is -5.73. The molecule has 0 aliphatic rings. The summed E-state index contributed by atoms with van der Waals surface area (Å²) in [6.07, 6.45) is 44.6. The third kappa shape index (κ3) is 28.1. The molecule has 2 unspecified atom stereocenters. The Labute approximate surface area is 354 Å². The van der Waals surface area contributed by atoms with E-state index in [1.807, 2.05) is 0 Å². The Hall–Kier alpha value is -1.11. The second-order valence-electron chi connectivity index (χ2n) is 18.0. The molecule has 0 aromatic carbocycles. The molecule has 0 spiro atoms. The van der Waals surface area contributed by atoms with E-state index in [0.29, 0.717) is 19.3 Å². The molecule has 0 heterocycles. The van der Waals surface area contributed by atoms with Crippen LogP contribution in [0, 0.1) is 0 Å². The molecule has 0 radical (unpaired) electrons. The lowest BCUT2D eigenvalue weighted by molar-refractivity contribution is -0.194. The molecule has 57 heavy (non-hydrogen) atoms. The van der Waals surface area contributed by atoms with Gasteiger partial charge in [0.05, 0.1) is 6.61 Å². The minimum atomic E-state index is -2.91. The first-order chi connectivity index (χ1) is 27.8. The highest BCUT2D eigenvalue weighted by molar-refractivity contribution is 6.16. The first kappa shape index (κ1) is 55.9. The molecule has 0 bridgehead atoms. The highest BCUT2D eigenvalue weighted by atomic mass is 16.4. The molecule has 2 atom stereocenters. The standard InChI is InChI=1S/C51H98O6/c1-4-7-10-13-16-19-22-24-25-27-30-33-36-39-42-45-49(55)51(57,48(54)44-41-38-35-32-29-26-23-20-17-14-11-8-5-2)50(56,46-52)47(53)43-40-37-34-31-28-21-18-15-12-9-6-3/h52,56-57H,4-46H2,1-3H3. The summed E-state index contributed by atoms with van der Waals surface area (Å²) in [5, 5.41) is 34.0. The molecule has 0 rings (SSSR count). The maximum atomic E-state index is 13.7. The van der Waals surface area contributed by atoms with Crippen LogP contribution in [0.3, 0.4) is 0 Å². The Balaban J connectivity index is 4.92. The number of aliphatic hydroxyl groups excluding tert-OH is 1. The third-order valence-electron chi connectivity index (χ3n) is 12.6. The van der Waals surface area contributed by atoms with Gasteiger partial charge in [-0.1, -0.05) is 252 Å². The molecule has 6 heteroatoms. The Kier molecular flexibility index (Phi) is 39.5. The molecule has 0 fully saturated rings. The van der Waals surface area contributed by atoms with Gasteiger partial charge in [0.25, 0.3) is 0 Å². The summed E-state index contributed by atoms with van der Waals surface area (Å²) in [7, 11) is 0. The first-order valence-corrected chi connectivity index (χ1v) is 25.4. The molecule has 0 aromatic heterocycles. The minimum absolute atomic E-state index is 0.0748. The summed E-state index contributed by atoms with van der Waals surface area (Å²) >= 11 is 0. The van der Waals surface area contributed by atoms with E-state index >= 15 is 0 Å². The third-order valence-corrected chi connectivity index (χ3v) is 12.6. The number of ketones is 3. The average Bonchev–Trinajstić information content (AvgIpc) is 3.21. The van der Waals surface area contributed by atoms with Crippen molar-refractivity contribution in [3.63, 3.8) is 0 Å². The van der Waals surface area contributed by atoms with Crippen LogP contribution in [-0.4, -0.2) is 50.5 Å². The van der Waals surface area contributed by atoms with Crippen LogP contribution in [0.4, 0.5) is 0 Å². The zero-order valence-electron chi connectivity index (χ0n) is 38.5. The molecule has 0 saturated carbocycles. The SMILES string of the molecule is CCCCCCCCCCCCCCCCCC(=O)C(O)(C(=O)CCCCCCCCCCCCCCC)C(O)(CO)C(=O)CCCCCCCCCCCCC. The summed E-state index contributed by atoms with van der Waals surface area (Å²) < 4.78 is 0. The van der Waals surface area contributed by atoms with Crippen LogP contribution in [0.1, 0.15) is 290 Å². The number of aliphatic hydroxyl groups is 3. The van der Waals surface area contributed by atoms with Gasteiger partial charge in [-0.25, -0.2) is 0 Å². The van der Waals surface area contributed by atoms with Crippen LogP contribution in [0.15, 0.2) is 0 Å². The van der Waals surface area contributed by atoms with Gasteiger partial charge in [0.15, 0.2) is 23.0 Å². The van der Waals surface area contributed by atoms with Crippen LogP contribution in [0.25, 0.3) is 0 Å². The summed E-state index contributed by atoms with van der Waals surface area (Å²) in [6.45, 7) is 5.59. The predicted octanol–water partition coefficient (Wildman–Crippen LogP) is 14.6. The van der Waals surface area contributed by atoms with Crippen molar-refractivity contribution in [1.82, 2.24) is 0 Å². The Morgan fingerprint density at radius 3 is 0.667 bits per heavy atom. The topological polar surface area (TPSA) is 112 Å². The second-order valence-corrected chi connectivity index (χ2v) is 18.0. The number of rotatable bonds is 47. The molecular weight excluding hydrogens is 709 g/mol. The van der Waals surface area contributed by atoms with Crippen LogP contribution in [-0.2, 0) is 14.4 Å². The van der Waals surface area contributed by atoms with Gasteiger partial charge in [-0.05, 0) is 19.3 Å². The van der Waals surface area contributed by atoms with Gasteiger partial charge in [0.1, 0.15) is 0 Å². The van der Waals surface area contributed by atoms with Crippen molar-refractivity contribution in [3.05, 3.63) is 0 Å². The van der Waals surface area contributed by atoms with Crippen LogP contribution >= 0.6 is 0 Å². The van der Waals surface area contributed by atoms with Gasteiger partial charge in [-0.2, -0.15) is 0 Å². The Morgan fingerprint density at radius 1 is 0.298 bits per heavy atom. The summed E-state index contributed by atoms with van der Waals surface area (Å²) in [6, 6.07) is 0. The lowest BCUT2D eigenvalue weighted by Gasteiger charge is -2.39. The number of carbonyl (C=O) groups is 3. The van der Waals surface area contributed by atoms with Gasteiger partial charge < -0.3 is 15.3 Å². The van der Waals surface area contributed by atoms with Gasteiger partial charge >= 0.3 is 0 Å². The van der Waals surface area contributed by atoms with Crippen LogP contribution in [0.2, 0.25) is 0 Å². The number of hydrogen-bond acceptors (Lipinski definition) is 6. The fourth-order valence-corrected chi connectivity index (χ4v) is 8.50. The van der Waals surface area contributed by atoms with E-state index in [4.69, 9.17) is 0 Å². The molecule has 3 N–H and O–H groups in total.